The van der Waals surface area contributed by atoms with Crippen LogP contribution in [-0.2, 0) is 9.84 Å². The molecule has 2 rings (SSSR count). The number of hydrogen-bond acceptors (Lipinski definition) is 3. The molecular weight excluding hydrogens is 222 g/mol. The van der Waals surface area contributed by atoms with Gasteiger partial charge in [0, 0.05) is 5.92 Å². The molecule has 4 heteroatoms. The Balaban J connectivity index is 2.29. The van der Waals surface area contributed by atoms with Crippen LogP contribution in [0.4, 0.5) is 0 Å². The van der Waals surface area contributed by atoms with Crippen LogP contribution in [0.15, 0.2) is 30.3 Å². The lowest BCUT2D eigenvalue weighted by Gasteiger charge is -2.30. The van der Waals surface area contributed by atoms with E-state index in [9.17, 15) is 8.42 Å². The SMILES string of the molecule is NCC1CCS(=O)(=O)CC1c1ccccc1. The fraction of sp³-hybridized carbons (Fsp3) is 0.500. The van der Waals surface area contributed by atoms with Crippen LogP contribution >= 0.6 is 0 Å². The predicted octanol–water partition coefficient (Wildman–Crippen LogP) is 1.16. The van der Waals surface area contributed by atoms with Gasteiger partial charge in [0.05, 0.1) is 11.5 Å². The Kier molecular flexibility index (Phi) is 3.30. The molecule has 0 bridgehead atoms. The van der Waals surface area contributed by atoms with Crippen LogP contribution in [0.1, 0.15) is 17.9 Å². The van der Waals surface area contributed by atoms with Crippen molar-refractivity contribution in [1.82, 2.24) is 0 Å². The molecule has 88 valence electrons. The summed E-state index contributed by atoms with van der Waals surface area (Å²) in [6.45, 7) is 0.565. The van der Waals surface area contributed by atoms with Crippen molar-refractivity contribution in [2.75, 3.05) is 18.1 Å². The maximum atomic E-state index is 11.7. The minimum absolute atomic E-state index is 0.0740. The van der Waals surface area contributed by atoms with Crippen molar-refractivity contribution in [3.63, 3.8) is 0 Å². The minimum atomic E-state index is -2.88. The number of sulfone groups is 1. The average Bonchev–Trinajstić information content (AvgIpc) is 2.29. The van der Waals surface area contributed by atoms with E-state index in [0.717, 1.165) is 5.56 Å². The van der Waals surface area contributed by atoms with Gasteiger partial charge in [0.1, 0.15) is 0 Å². The van der Waals surface area contributed by atoms with Gasteiger partial charge in [-0.05, 0) is 24.4 Å². The Labute approximate surface area is 96.6 Å². The molecule has 0 spiro atoms. The molecule has 1 saturated heterocycles. The van der Waals surface area contributed by atoms with Crippen molar-refractivity contribution in [2.24, 2.45) is 11.7 Å². The van der Waals surface area contributed by atoms with Crippen LogP contribution in [0.5, 0.6) is 0 Å². The third-order valence-electron chi connectivity index (χ3n) is 3.33. The van der Waals surface area contributed by atoms with E-state index < -0.39 is 9.84 Å². The molecule has 0 saturated carbocycles. The Morgan fingerprint density at radius 2 is 1.94 bits per heavy atom. The van der Waals surface area contributed by atoms with E-state index in [4.69, 9.17) is 5.73 Å². The number of hydrogen-bond donors (Lipinski definition) is 1. The molecular formula is C12H17NO2S. The first-order chi connectivity index (χ1) is 7.62. The van der Waals surface area contributed by atoms with Gasteiger partial charge in [-0.3, -0.25) is 0 Å². The zero-order chi connectivity index (χ0) is 11.6. The maximum absolute atomic E-state index is 11.7. The molecule has 1 heterocycles. The van der Waals surface area contributed by atoms with Crippen LogP contribution < -0.4 is 5.73 Å². The molecule has 1 fully saturated rings. The first-order valence-corrected chi connectivity index (χ1v) is 7.40. The molecule has 1 aliphatic rings. The van der Waals surface area contributed by atoms with Crippen molar-refractivity contribution < 1.29 is 8.42 Å². The summed E-state index contributed by atoms with van der Waals surface area (Å²) in [5, 5.41) is 0. The van der Waals surface area contributed by atoms with Gasteiger partial charge in [0.2, 0.25) is 0 Å². The van der Waals surface area contributed by atoms with E-state index in [2.05, 4.69) is 0 Å². The maximum Gasteiger partial charge on any atom is 0.150 e. The second-order valence-electron chi connectivity index (χ2n) is 4.42. The Morgan fingerprint density at radius 3 is 2.56 bits per heavy atom. The molecule has 2 N–H and O–H groups in total. The van der Waals surface area contributed by atoms with Gasteiger partial charge < -0.3 is 5.73 Å². The Hall–Kier alpha value is -0.870. The molecule has 1 aliphatic heterocycles. The largest absolute Gasteiger partial charge is 0.330 e. The smallest absolute Gasteiger partial charge is 0.150 e. The second kappa shape index (κ2) is 4.55. The molecule has 3 nitrogen and oxygen atoms in total. The molecule has 16 heavy (non-hydrogen) atoms. The van der Waals surface area contributed by atoms with Crippen LogP contribution in [0.25, 0.3) is 0 Å². The number of benzene rings is 1. The highest BCUT2D eigenvalue weighted by atomic mass is 32.2. The fourth-order valence-electron chi connectivity index (χ4n) is 2.38. The summed E-state index contributed by atoms with van der Waals surface area (Å²) in [7, 11) is -2.88. The highest BCUT2D eigenvalue weighted by Gasteiger charge is 2.32. The third kappa shape index (κ3) is 2.44. The molecule has 2 atom stereocenters. The van der Waals surface area contributed by atoms with E-state index in [0.29, 0.717) is 18.9 Å². The van der Waals surface area contributed by atoms with Crippen molar-refractivity contribution in [2.45, 2.75) is 12.3 Å². The summed E-state index contributed by atoms with van der Waals surface area (Å²) >= 11 is 0. The van der Waals surface area contributed by atoms with Crippen LogP contribution in [0, 0.1) is 5.92 Å². The quantitative estimate of drug-likeness (QED) is 0.842. The zero-order valence-electron chi connectivity index (χ0n) is 9.17. The van der Waals surface area contributed by atoms with Crippen LogP contribution in [-0.4, -0.2) is 26.5 Å². The average molecular weight is 239 g/mol. The highest BCUT2D eigenvalue weighted by molar-refractivity contribution is 7.91. The van der Waals surface area contributed by atoms with Crippen LogP contribution in [0.3, 0.4) is 0 Å². The predicted molar refractivity (Wildman–Crippen MR) is 65.0 cm³/mol. The topological polar surface area (TPSA) is 60.2 Å². The van der Waals surface area contributed by atoms with Gasteiger partial charge in [-0.15, -0.1) is 0 Å². The van der Waals surface area contributed by atoms with Crippen LogP contribution in [0.2, 0.25) is 0 Å². The molecule has 0 radical (unpaired) electrons. The lowest BCUT2D eigenvalue weighted by Crippen LogP contribution is -2.35. The summed E-state index contributed by atoms with van der Waals surface area (Å²) < 4.78 is 23.3. The zero-order valence-corrected chi connectivity index (χ0v) is 9.99. The van der Waals surface area contributed by atoms with Crippen molar-refractivity contribution >= 4 is 9.84 Å². The summed E-state index contributed by atoms with van der Waals surface area (Å²) in [5.74, 6) is 0.910. The lowest BCUT2D eigenvalue weighted by atomic mass is 9.85. The van der Waals surface area contributed by atoms with E-state index in [1.807, 2.05) is 30.3 Å². The molecule has 0 aromatic heterocycles. The summed E-state index contributed by atoms with van der Waals surface area (Å²) in [4.78, 5) is 0. The summed E-state index contributed by atoms with van der Waals surface area (Å²) in [6, 6.07) is 9.83. The lowest BCUT2D eigenvalue weighted by molar-refractivity contribution is 0.421. The third-order valence-corrected chi connectivity index (χ3v) is 5.06. The van der Waals surface area contributed by atoms with E-state index in [1.165, 1.54) is 0 Å². The highest BCUT2D eigenvalue weighted by Crippen LogP contribution is 2.32. The summed E-state index contributed by atoms with van der Waals surface area (Å²) in [6.07, 6.45) is 0.693. The van der Waals surface area contributed by atoms with Crippen molar-refractivity contribution in [3.8, 4) is 0 Å². The van der Waals surface area contributed by atoms with E-state index in [1.54, 1.807) is 0 Å². The van der Waals surface area contributed by atoms with Gasteiger partial charge in [-0.2, -0.15) is 0 Å². The summed E-state index contributed by atoms with van der Waals surface area (Å²) in [5.41, 5.74) is 6.82. The monoisotopic (exact) mass is 239 g/mol. The van der Waals surface area contributed by atoms with Gasteiger partial charge >= 0.3 is 0 Å². The molecule has 1 aromatic rings. The number of rotatable bonds is 2. The first-order valence-electron chi connectivity index (χ1n) is 5.58. The molecule has 0 aliphatic carbocycles. The molecule has 2 unspecified atom stereocenters. The van der Waals surface area contributed by atoms with E-state index >= 15 is 0 Å². The fourth-order valence-corrected chi connectivity index (χ4v) is 4.22. The second-order valence-corrected chi connectivity index (χ2v) is 6.64. The van der Waals surface area contributed by atoms with Gasteiger partial charge in [-0.1, -0.05) is 30.3 Å². The Morgan fingerprint density at radius 1 is 1.25 bits per heavy atom. The van der Waals surface area contributed by atoms with Gasteiger partial charge in [0.15, 0.2) is 9.84 Å². The van der Waals surface area contributed by atoms with Gasteiger partial charge in [0.25, 0.3) is 0 Å². The van der Waals surface area contributed by atoms with Gasteiger partial charge in [-0.25, -0.2) is 8.42 Å². The Bertz CT molecular complexity index is 441. The van der Waals surface area contributed by atoms with Crippen molar-refractivity contribution in [3.05, 3.63) is 35.9 Å². The minimum Gasteiger partial charge on any atom is -0.330 e. The normalized spacial score (nSPS) is 28.8. The molecule has 0 amide bonds. The first kappa shape index (κ1) is 11.6. The molecule has 1 aromatic carbocycles. The number of nitrogens with two attached hydrogens (primary N) is 1. The van der Waals surface area contributed by atoms with Crippen molar-refractivity contribution in [1.29, 1.82) is 0 Å². The standard InChI is InChI=1S/C12H17NO2S/c13-8-11-6-7-16(14,15)9-12(11)10-4-2-1-3-5-10/h1-5,11-12H,6-9,13H2. The van der Waals surface area contributed by atoms with E-state index in [-0.39, 0.29) is 17.4 Å².